The number of hydrogen-bond acceptors (Lipinski definition) is 2. The highest BCUT2D eigenvalue weighted by Crippen LogP contribution is 2.31. The molecular formula is C15H11FN2O. The summed E-state index contributed by atoms with van der Waals surface area (Å²) in [4.78, 5) is 11.8. The lowest BCUT2D eigenvalue weighted by molar-refractivity contribution is -0.110. The minimum atomic E-state index is -0.356. The van der Waals surface area contributed by atoms with E-state index in [1.807, 2.05) is 24.3 Å². The van der Waals surface area contributed by atoms with Crippen LogP contribution in [0.25, 0.3) is 5.57 Å². The van der Waals surface area contributed by atoms with Gasteiger partial charge >= 0.3 is 0 Å². The smallest absolute Gasteiger partial charge is 0.257 e. The molecular weight excluding hydrogens is 243 g/mol. The number of carbonyl (C=O) groups excluding carboxylic acids is 1. The van der Waals surface area contributed by atoms with Crippen LogP contribution >= 0.6 is 0 Å². The number of carbonyl (C=O) groups is 1. The third-order valence-electron chi connectivity index (χ3n) is 2.96. The average Bonchev–Trinajstić information content (AvgIpc) is 2.74. The summed E-state index contributed by atoms with van der Waals surface area (Å²) in [5, 5.41) is 5.59. The lowest BCUT2D eigenvalue weighted by Crippen LogP contribution is -2.05. The molecule has 2 aromatic carbocycles. The zero-order chi connectivity index (χ0) is 13.2. The van der Waals surface area contributed by atoms with Crippen LogP contribution in [0, 0.1) is 5.82 Å². The van der Waals surface area contributed by atoms with E-state index in [9.17, 15) is 9.18 Å². The van der Waals surface area contributed by atoms with Gasteiger partial charge < -0.3 is 10.6 Å². The number of hydrogen-bond donors (Lipinski definition) is 2. The number of anilines is 2. The Balaban J connectivity index is 1.93. The van der Waals surface area contributed by atoms with Crippen molar-refractivity contribution in [2.45, 2.75) is 0 Å². The van der Waals surface area contributed by atoms with E-state index in [2.05, 4.69) is 10.6 Å². The van der Waals surface area contributed by atoms with Crippen molar-refractivity contribution < 1.29 is 9.18 Å². The quantitative estimate of drug-likeness (QED) is 0.808. The predicted molar refractivity (Wildman–Crippen MR) is 73.1 cm³/mol. The van der Waals surface area contributed by atoms with E-state index in [1.54, 1.807) is 18.2 Å². The van der Waals surface area contributed by atoms with Crippen LogP contribution in [0.15, 0.2) is 54.7 Å². The first-order valence-corrected chi connectivity index (χ1v) is 5.88. The Morgan fingerprint density at radius 1 is 1.05 bits per heavy atom. The molecule has 0 saturated heterocycles. The van der Waals surface area contributed by atoms with Crippen molar-refractivity contribution in [1.82, 2.24) is 0 Å². The molecule has 3 rings (SSSR count). The van der Waals surface area contributed by atoms with Gasteiger partial charge in [0, 0.05) is 17.5 Å². The Hall–Kier alpha value is -2.62. The fourth-order valence-corrected chi connectivity index (χ4v) is 2.01. The molecule has 0 aromatic heterocycles. The Bertz CT molecular complexity index is 679. The number of nitrogens with one attached hydrogen (secondary N) is 2. The average molecular weight is 254 g/mol. The molecule has 2 aromatic rings. The van der Waals surface area contributed by atoms with Crippen molar-refractivity contribution >= 4 is 22.9 Å². The van der Waals surface area contributed by atoms with Crippen LogP contribution in [0.2, 0.25) is 0 Å². The molecule has 0 radical (unpaired) electrons. The molecule has 3 nitrogen and oxygen atoms in total. The molecule has 4 heteroatoms. The second-order valence-corrected chi connectivity index (χ2v) is 4.18. The largest absolute Gasteiger partial charge is 0.358 e. The van der Waals surface area contributed by atoms with Gasteiger partial charge in [-0.1, -0.05) is 30.3 Å². The van der Waals surface area contributed by atoms with Crippen LogP contribution < -0.4 is 10.6 Å². The van der Waals surface area contributed by atoms with E-state index in [-0.39, 0.29) is 11.7 Å². The summed E-state index contributed by atoms with van der Waals surface area (Å²) in [6, 6.07) is 13.7. The van der Waals surface area contributed by atoms with Gasteiger partial charge in [0.1, 0.15) is 5.82 Å². The van der Waals surface area contributed by atoms with E-state index in [4.69, 9.17) is 0 Å². The van der Waals surface area contributed by atoms with Gasteiger partial charge in [-0.2, -0.15) is 0 Å². The van der Waals surface area contributed by atoms with E-state index in [0.717, 1.165) is 11.3 Å². The van der Waals surface area contributed by atoms with Gasteiger partial charge in [-0.3, -0.25) is 4.79 Å². The van der Waals surface area contributed by atoms with Crippen LogP contribution in [0.3, 0.4) is 0 Å². The topological polar surface area (TPSA) is 41.1 Å². The number of para-hydroxylation sites is 2. The van der Waals surface area contributed by atoms with E-state index < -0.39 is 0 Å². The highest BCUT2D eigenvalue weighted by atomic mass is 19.1. The first kappa shape index (κ1) is 11.5. The van der Waals surface area contributed by atoms with Crippen molar-refractivity contribution in [2.75, 3.05) is 10.6 Å². The van der Waals surface area contributed by atoms with Crippen LogP contribution in [0.4, 0.5) is 15.8 Å². The summed E-state index contributed by atoms with van der Waals surface area (Å²) in [6.45, 7) is 0. The first-order chi connectivity index (χ1) is 9.25. The predicted octanol–water partition coefficient (Wildman–Crippen LogP) is 3.23. The summed E-state index contributed by atoms with van der Waals surface area (Å²) in [6.07, 6.45) is 1.53. The molecule has 1 aliphatic rings. The maximum Gasteiger partial charge on any atom is 0.257 e. The van der Waals surface area contributed by atoms with Crippen molar-refractivity contribution in [2.24, 2.45) is 0 Å². The zero-order valence-electron chi connectivity index (χ0n) is 9.98. The monoisotopic (exact) mass is 254 g/mol. The van der Waals surface area contributed by atoms with Gasteiger partial charge in [0.15, 0.2) is 0 Å². The van der Waals surface area contributed by atoms with Crippen molar-refractivity contribution in [3.8, 4) is 0 Å². The first-order valence-electron chi connectivity index (χ1n) is 5.88. The fourth-order valence-electron chi connectivity index (χ4n) is 2.01. The minimum absolute atomic E-state index is 0.190. The van der Waals surface area contributed by atoms with Gasteiger partial charge in [0.25, 0.3) is 5.91 Å². The molecule has 0 saturated carbocycles. The molecule has 0 unspecified atom stereocenters. The summed E-state index contributed by atoms with van der Waals surface area (Å²) in [5.41, 5.74) is 2.43. The maximum absolute atomic E-state index is 13.5. The number of benzene rings is 2. The van der Waals surface area contributed by atoms with Gasteiger partial charge in [0.2, 0.25) is 0 Å². The van der Waals surface area contributed by atoms with Crippen molar-refractivity contribution in [3.05, 3.63) is 66.1 Å². The zero-order valence-corrected chi connectivity index (χ0v) is 9.98. The molecule has 0 atom stereocenters. The number of amides is 1. The van der Waals surface area contributed by atoms with Gasteiger partial charge in [-0.15, -0.1) is 0 Å². The van der Waals surface area contributed by atoms with E-state index in [1.165, 1.54) is 12.3 Å². The van der Waals surface area contributed by atoms with Crippen LogP contribution in [0.1, 0.15) is 5.56 Å². The third-order valence-corrected chi connectivity index (χ3v) is 2.96. The maximum atomic E-state index is 13.5. The lowest BCUT2D eigenvalue weighted by Gasteiger charge is -2.03. The second kappa shape index (κ2) is 4.57. The van der Waals surface area contributed by atoms with Crippen LogP contribution in [-0.2, 0) is 4.79 Å². The Morgan fingerprint density at radius 3 is 2.63 bits per heavy atom. The fraction of sp³-hybridized carbons (Fsp3) is 0. The van der Waals surface area contributed by atoms with E-state index in [0.29, 0.717) is 11.3 Å². The molecule has 0 fully saturated rings. The third kappa shape index (κ3) is 2.08. The highest BCUT2D eigenvalue weighted by Gasteiger charge is 2.23. The van der Waals surface area contributed by atoms with Gasteiger partial charge in [-0.25, -0.2) is 4.39 Å². The summed E-state index contributed by atoms with van der Waals surface area (Å²) < 4.78 is 13.5. The molecule has 0 bridgehead atoms. The Labute approximate surface area is 109 Å². The van der Waals surface area contributed by atoms with Crippen LogP contribution in [0.5, 0.6) is 0 Å². The number of halogens is 1. The standard InChI is InChI=1S/C15H11FN2O/c16-12-6-2-4-8-14(12)17-9-11-10-5-1-3-7-13(10)18-15(11)19/h1-9,17H,(H,18,19)/b11-9-. The molecule has 0 spiro atoms. The lowest BCUT2D eigenvalue weighted by atomic mass is 10.1. The Kier molecular flexibility index (Phi) is 2.76. The Morgan fingerprint density at radius 2 is 1.79 bits per heavy atom. The highest BCUT2D eigenvalue weighted by molar-refractivity contribution is 6.31. The van der Waals surface area contributed by atoms with Crippen molar-refractivity contribution in [3.63, 3.8) is 0 Å². The molecule has 94 valence electrons. The number of fused-ring (bicyclic) bond motifs is 1. The van der Waals surface area contributed by atoms with E-state index >= 15 is 0 Å². The van der Waals surface area contributed by atoms with Gasteiger partial charge in [-0.05, 0) is 18.2 Å². The summed E-state index contributed by atoms with van der Waals surface area (Å²) in [7, 11) is 0. The molecule has 2 N–H and O–H groups in total. The molecule has 1 amide bonds. The second-order valence-electron chi connectivity index (χ2n) is 4.18. The molecule has 1 aliphatic heterocycles. The van der Waals surface area contributed by atoms with Crippen molar-refractivity contribution in [1.29, 1.82) is 0 Å². The SMILES string of the molecule is O=C1Nc2ccccc2/C1=C/Nc1ccccc1F. The molecule has 1 heterocycles. The van der Waals surface area contributed by atoms with Gasteiger partial charge in [0.05, 0.1) is 11.3 Å². The normalized spacial score (nSPS) is 15.2. The number of rotatable bonds is 2. The van der Waals surface area contributed by atoms with Crippen LogP contribution in [-0.4, -0.2) is 5.91 Å². The molecule has 0 aliphatic carbocycles. The molecule has 19 heavy (non-hydrogen) atoms. The minimum Gasteiger partial charge on any atom is -0.358 e. The summed E-state index contributed by atoms with van der Waals surface area (Å²) in [5.74, 6) is -0.545. The summed E-state index contributed by atoms with van der Waals surface area (Å²) >= 11 is 0.